The largest absolute Gasteiger partial charge is 0.495 e. The van der Waals surface area contributed by atoms with Crippen LogP contribution in [0.2, 0.25) is 0 Å². The Hall–Kier alpha value is -0.760. The zero-order valence-corrected chi connectivity index (χ0v) is 12.4. The topological polar surface area (TPSA) is 81.4 Å². The number of methoxy groups -OCH3 is 1. The summed E-state index contributed by atoms with van der Waals surface area (Å²) in [5.74, 6) is 2.15. The Morgan fingerprint density at radius 2 is 2.32 bits per heavy atom. The predicted molar refractivity (Wildman–Crippen MR) is 76.9 cm³/mol. The van der Waals surface area contributed by atoms with Crippen molar-refractivity contribution in [2.24, 2.45) is 5.73 Å². The van der Waals surface area contributed by atoms with E-state index in [2.05, 4.69) is 4.72 Å². The van der Waals surface area contributed by atoms with Crippen molar-refractivity contribution >= 4 is 21.8 Å². The fourth-order valence-electron chi connectivity index (χ4n) is 1.97. The van der Waals surface area contributed by atoms with E-state index in [9.17, 15) is 8.42 Å². The maximum Gasteiger partial charge on any atom is 0.244 e. The van der Waals surface area contributed by atoms with Crippen molar-refractivity contribution in [1.82, 2.24) is 4.72 Å². The highest BCUT2D eigenvalue weighted by molar-refractivity contribution is 7.99. The van der Waals surface area contributed by atoms with Crippen LogP contribution in [0.4, 0.5) is 0 Å². The molecule has 1 saturated heterocycles. The van der Waals surface area contributed by atoms with Crippen LogP contribution in [0.15, 0.2) is 23.1 Å². The minimum atomic E-state index is -3.54. The summed E-state index contributed by atoms with van der Waals surface area (Å²) in [6, 6.07) is 4.93. The van der Waals surface area contributed by atoms with Gasteiger partial charge in [-0.15, -0.1) is 0 Å². The Balaban J connectivity index is 2.28. The van der Waals surface area contributed by atoms with Crippen molar-refractivity contribution in [3.8, 4) is 5.75 Å². The first-order chi connectivity index (χ1) is 9.06. The first-order valence-corrected chi connectivity index (χ1v) is 8.67. The van der Waals surface area contributed by atoms with Crippen LogP contribution < -0.4 is 15.2 Å². The van der Waals surface area contributed by atoms with Crippen molar-refractivity contribution in [3.63, 3.8) is 0 Å². The zero-order valence-electron chi connectivity index (χ0n) is 10.8. The van der Waals surface area contributed by atoms with Crippen LogP contribution in [-0.4, -0.2) is 33.1 Å². The van der Waals surface area contributed by atoms with Gasteiger partial charge >= 0.3 is 0 Å². The average molecular weight is 302 g/mol. The van der Waals surface area contributed by atoms with E-state index >= 15 is 0 Å². The van der Waals surface area contributed by atoms with Crippen molar-refractivity contribution < 1.29 is 13.2 Å². The lowest BCUT2D eigenvalue weighted by atomic mass is 10.2. The molecule has 1 fully saturated rings. The first kappa shape index (κ1) is 14.6. The molecule has 1 aromatic carbocycles. The number of hydrogen-bond acceptors (Lipinski definition) is 5. The fourth-order valence-corrected chi connectivity index (χ4v) is 4.65. The fraction of sp³-hybridized carbons (Fsp3) is 0.500. The Labute approximate surface area is 118 Å². The molecule has 1 unspecified atom stereocenters. The maximum absolute atomic E-state index is 12.3. The normalized spacial score (nSPS) is 19.6. The molecule has 0 radical (unpaired) electrons. The predicted octanol–water partition coefficient (Wildman–Crippen LogP) is 0.938. The molecule has 0 aromatic heterocycles. The van der Waals surface area contributed by atoms with Crippen LogP contribution in [0.3, 0.4) is 0 Å². The van der Waals surface area contributed by atoms with E-state index in [-0.39, 0.29) is 10.9 Å². The summed E-state index contributed by atoms with van der Waals surface area (Å²) in [6.45, 7) is 0.351. The van der Waals surface area contributed by atoms with Crippen molar-refractivity contribution in [3.05, 3.63) is 23.8 Å². The van der Waals surface area contributed by atoms with Crippen LogP contribution in [0.25, 0.3) is 0 Å². The lowest BCUT2D eigenvalue weighted by Gasteiger charge is -2.15. The molecule has 0 amide bonds. The Morgan fingerprint density at radius 1 is 1.53 bits per heavy atom. The van der Waals surface area contributed by atoms with Crippen LogP contribution in [0, 0.1) is 0 Å². The van der Waals surface area contributed by atoms with Gasteiger partial charge in [-0.3, -0.25) is 0 Å². The second kappa shape index (κ2) is 6.13. The summed E-state index contributed by atoms with van der Waals surface area (Å²) in [5, 5.41) is 0. The van der Waals surface area contributed by atoms with Crippen LogP contribution in [-0.2, 0) is 16.6 Å². The van der Waals surface area contributed by atoms with Crippen LogP contribution in [0.1, 0.15) is 12.0 Å². The number of ether oxygens (including phenoxy) is 1. The molecule has 0 bridgehead atoms. The average Bonchev–Trinajstić information content (AvgIpc) is 2.89. The van der Waals surface area contributed by atoms with Gasteiger partial charge in [-0.2, -0.15) is 11.8 Å². The lowest BCUT2D eigenvalue weighted by Crippen LogP contribution is -2.34. The van der Waals surface area contributed by atoms with Crippen LogP contribution in [0.5, 0.6) is 5.75 Å². The number of nitrogens with one attached hydrogen (secondary N) is 1. The smallest absolute Gasteiger partial charge is 0.244 e. The van der Waals surface area contributed by atoms with Gasteiger partial charge in [0, 0.05) is 18.3 Å². The molecule has 1 heterocycles. The highest BCUT2D eigenvalue weighted by Gasteiger charge is 2.25. The lowest BCUT2D eigenvalue weighted by molar-refractivity contribution is 0.401. The van der Waals surface area contributed by atoms with E-state index in [0.717, 1.165) is 23.5 Å². The van der Waals surface area contributed by atoms with Gasteiger partial charge in [-0.25, -0.2) is 13.1 Å². The molecular formula is C12H18N2O3S2. The first-order valence-electron chi connectivity index (χ1n) is 6.04. The standard InChI is InChI=1S/C12H18N2O3S2/c1-17-11-6-9(7-13)2-3-12(11)19(15,16)14-10-4-5-18-8-10/h2-3,6,10,14H,4-5,7-8,13H2,1H3. The van der Waals surface area contributed by atoms with Gasteiger partial charge in [-0.05, 0) is 29.9 Å². The molecule has 1 aliphatic rings. The monoisotopic (exact) mass is 302 g/mol. The molecule has 1 aliphatic heterocycles. The number of nitrogens with two attached hydrogens (primary N) is 1. The van der Waals surface area contributed by atoms with Gasteiger partial charge in [-0.1, -0.05) is 6.07 Å². The molecule has 106 valence electrons. The quantitative estimate of drug-likeness (QED) is 0.846. The molecule has 0 saturated carbocycles. The van der Waals surface area contributed by atoms with Gasteiger partial charge in [0.25, 0.3) is 0 Å². The van der Waals surface area contributed by atoms with Crippen molar-refractivity contribution in [1.29, 1.82) is 0 Å². The molecule has 7 heteroatoms. The summed E-state index contributed by atoms with van der Waals surface area (Å²) in [6.07, 6.45) is 0.868. The summed E-state index contributed by atoms with van der Waals surface area (Å²) in [7, 11) is -2.08. The molecule has 1 aromatic rings. The zero-order chi connectivity index (χ0) is 13.9. The Kier molecular flexibility index (Phi) is 4.72. The summed E-state index contributed by atoms with van der Waals surface area (Å²) < 4.78 is 32.6. The third-order valence-electron chi connectivity index (χ3n) is 3.00. The van der Waals surface area contributed by atoms with Gasteiger partial charge in [0.2, 0.25) is 10.0 Å². The maximum atomic E-state index is 12.3. The highest BCUT2D eigenvalue weighted by atomic mass is 32.2. The van der Waals surface area contributed by atoms with Crippen molar-refractivity contribution in [2.75, 3.05) is 18.6 Å². The Bertz CT molecular complexity index is 540. The molecule has 5 nitrogen and oxygen atoms in total. The van der Waals surface area contributed by atoms with E-state index in [0.29, 0.717) is 12.3 Å². The summed E-state index contributed by atoms with van der Waals surface area (Å²) >= 11 is 1.76. The second-order valence-electron chi connectivity index (χ2n) is 4.37. The van der Waals surface area contributed by atoms with Crippen molar-refractivity contribution in [2.45, 2.75) is 23.9 Å². The highest BCUT2D eigenvalue weighted by Crippen LogP contribution is 2.26. The number of hydrogen-bond donors (Lipinski definition) is 2. The molecule has 1 atom stereocenters. The minimum Gasteiger partial charge on any atom is -0.495 e. The van der Waals surface area contributed by atoms with E-state index < -0.39 is 10.0 Å². The molecule has 19 heavy (non-hydrogen) atoms. The number of sulfonamides is 1. The van der Waals surface area contributed by atoms with E-state index in [1.807, 2.05) is 0 Å². The van der Waals surface area contributed by atoms with E-state index in [4.69, 9.17) is 10.5 Å². The third kappa shape index (κ3) is 3.42. The summed E-state index contributed by atoms with van der Waals surface area (Å²) in [4.78, 5) is 0.170. The Morgan fingerprint density at radius 3 is 2.89 bits per heavy atom. The minimum absolute atomic E-state index is 0.00823. The second-order valence-corrected chi connectivity index (χ2v) is 7.20. The molecule has 2 rings (SSSR count). The number of benzene rings is 1. The van der Waals surface area contributed by atoms with Gasteiger partial charge in [0.15, 0.2) is 0 Å². The van der Waals surface area contributed by atoms with Crippen LogP contribution >= 0.6 is 11.8 Å². The van der Waals surface area contributed by atoms with Gasteiger partial charge in [0.1, 0.15) is 10.6 Å². The summed E-state index contributed by atoms with van der Waals surface area (Å²) in [5.41, 5.74) is 6.38. The number of rotatable bonds is 5. The molecular weight excluding hydrogens is 284 g/mol. The van der Waals surface area contributed by atoms with E-state index in [1.165, 1.54) is 7.11 Å². The third-order valence-corrected chi connectivity index (χ3v) is 5.73. The van der Waals surface area contributed by atoms with Gasteiger partial charge in [0.05, 0.1) is 7.11 Å². The molecule has 0 spiro atoms. The van der Waals surface area contributed by atoms with E-state index in [1.54, 1.807) is 30.0 Å². The SMILES string of the molecule is COc1cc(CN)ccc1S(=O)(=O)NC1CCSC1. The molecule has 3 N–H and O–H groups in total. The molecule has 0 aliphatic carbocycles. The number of thioether (sulfide) groups is 1. The van der Waals surface area contributed by atoms with Gasteiger partial charge < -0.3 is 10.5 Å².